The van der Waals surface area contributed by atoms with E-state index in [9.17, 15) is 5.11 Å². The van der Waals surface area contributed by atoms with Gasteiger partial charge in [0.1, 0.15) is 0 Å². The van der Waals surface area contributed by atoms with Gasteiger partial charge >= 0.3 is 0 Å². The van der Waals surface area contributed by atoms with Gasteiger partial charge in [-0.1, -0.05) is 27.7 Å². The fraction of sp³-hybridized carbons (Fsp3) is 1.00. The normalized spacial score (nSPS) is 17.2. The lowest BCUT2D eigenvalue weighted by molar-refractivity contribution is -0.134. The molecule has 0 rings (SSSR count). The summed E-state index contributed by atoms with van der Waals surface area (Å²) in [5, 5.41) is 9.78. The zero-order chi connectivity index (χ0) is 14.1. The minimum absolute atomic E-state index is 0.0309. The van der Waals surface area contributed by atoms with Crippen molar-refractivity contribution in [3.63, 3.8) is 0 Å². The molecule has 4 heteroatoms. The van der Waals surface area contributed by atoms with Crippen molar-refractivity contribution in [3.05, 3.63) is 0 Å². The van der Waals surface area contributed by atoms with Gasteiger partial charge in [-0.25, -0.2) is 0 Å². The van der Waals surface area contributed by atoms with Crippen LogP contribution in [-0.2, 0) is 14.2 Å². The van der Waals surface area contributed by atoms with E-state index in [0.29, 0.717) is 24.9 Å². The smallest absolute Gasteiger partial charge is 0.157 e. The van der Waals surface area contributed by atoms with Crippen LogP contribution >= 0.6 is 0 Å². The quantitative estimate of drug-likeness (QED) is 0.614. The summed E-state index contributed by atoms with van der Waals surface area (Å²) in [6.45, 7) is 8.88. The van der Waals surface area contributed by atoms with Crippen LogP contribution in [0.2, 0.25) is 0 Å². The van der Waals surface area contributed by atoms with Gasteiger partial charge < -0.3 is 19.3 Å². The van der Waals surface area contributed by atoms with Crippen LogP contribution in [0.15, 0.2) is 0 Å². The topological polar surface area (TPSA) is 47.9 Å². The van der Waals surface area contributed by atoms with Gasteiger partial charge in [0.25, 0.3) is 0 Å². The fourth-order valence-corrected chi connectivity index (χ4v) is 1.95. The van der Waals surface area contributed by atoms with E-state index in [2.05, 4.69) is 27.7 Å². The van der Waals surface area contributed by atoms with Crippen LogP contribution in [-0.4, -0.2) is 44.4 Å². The Balaban J connectivity index is 3.85. The molecular weight excluding hydrogens is 232 g/mol. The average Bonchev–Trinajstić information content (AvgIpc) is 2.30. The highest BCUT2D eigenvalue weighted by molar-refractivity contribution is 4.65. The number of methoxy groups -OCH3 is 2. The van der Waals surface area contributed by atoms with Crippen LogP contribution < -0.4 is 0 Å². The third kappa shape index (κ3) is 7.31. The third-order valence-electron chi connectivity index (χ3n) is 3.24. The molecule has 0 amide bonds. The fourth-order valence-electron chi connectivity index (χ4n) is 1.95. The van der Waals surface area contributed by atoms with Crippen molar-refractivity contribution in [2.75, 3.05) is 20.8 Å². The molecule has 0 aromatic heterocycles. The summed E-state index contributed by atoms with van der Waals surface area (Å²) < 4.78 is 16.1. The Morgan fingerprint density at radius 1 is 0.889 bits per heavy atom. The molecule has 0 saturated carbocycles. The van der Waals surface area contributed by atoms with Crippen molar-refractivity contribution in [1.29, 1.82) is 0 Å². The molecule has 0 radical (unpaired) electrons. The molecule has 0 aliphatic heterocycles. The van der Waals surface area contributed by atoms with E-state index in [1.807, 2.05) is 0 Å². The zero-order valence-corrected chi connectivity index (χ0v) is 12.7. The highest BCUT2D eigenvalue weighted by atomic mass is 16.6. The number of aliphatic hydroxyl groups is 1. The molecule has 18 heavy (non-hydrogen) atoms. The minimum Gasteiger partial charge on any atom is -0.381 e. The van der Waals surface area contributed by atoms with Gasteiger partial charge in [0, 0.05) is 20.6 Å². The Morgan fingerprint density at radius 2 is 1.39 bits per heavy atom. The monoisotopic (exact) mass is 262 g/mol. The molecule has 4 nitrogen and oxygen atoms in total. The first-order valence-electron chi connectivity index (χ1n) is 6.77. The van der Waals surface area contributed by atoms with Crippen LogP contribution in [0.3, 0.4) is 0 Å². The molecule has 0 aliphatic rings. The summed E-state index contributed by atoms with van der Waals surface area (Å²) in [5.41, 5.74) is 0. The van der Waals surface area contributed by atoms with E-state index in [1.165, 1.54) is 0 Å². The maximum absolute atomic E-state index is 9.78. The molecule has 0 aromatic carbocycles. The van der Waals surface area contributed by atoms with E-state index < -0.39 is 6.29 Å². The van der Waals surface area contributed by atoms with Gasteiger partial charge in [0.15, 0.2) is 6.29 Å². The summed E-state index contributed by atoms with van der Waals surface area (Å²) >= 11 is 0. The predicted molar refractivity (Wildman–Crippen MR) is 72.5 cm³/mol. The summed E-state index contributed by atoms with van der Waals surface area (Å²) in [5.74, 6) is 0.828. The highest BCUT2D eigenvalue weighted by Gasteiger charge is 2.18. The second-order valence-electron chi connectivity index (χ2n) is 5.39. The van der Waals surface area contributed by atoms with Crippen molar-refractivity contribution in [1.82, 2.24) is 0 Å². The van der Waals surface area contributed by atoms with Crippen molar-refractivity contribution in [2.24, 2.45) is 11.8 Å². The van der Waals surface area contributed by atoms with Crippen LogP contribution in [0.5, 0.6) is 0 Å². The molecule has 0 aromatic rings. The van der Waals surface area contributed by atoms with Gasteiger partial charge in [0.05, 0.1) is 18.8 Å². The highest BCUT2D eigenvalue weighted by Crippen LogP contribution is 2.14. The minimum atomic E-state index is -0.762. The second-order valence-corrected chi connectivity index (χ2v) is 5.39. The van der Waals surface area contributed by atoms with Crippen LogP contribution in [0, 0.1) is 11.8 Å². The van der Waals surface area contributed by atoms with Crippen LogP contribution in [0.25, 0.3) is 0 Å². The molecule has 0 saturated heterocycles. The van der Waals surface area contributed by atoms with E-state index >= 15 is 0 Å². The van der Waals surface area contributed by atoms with Gasteiger partial charge in [-0.3, -0.25) is 0 Å². The number of hydrogen-bond acceptors (Lipinski definition) is 4. The first kappa shape index (κ1) is 17.8. The lowest BCUT2D eigenvalue weighted by atomic mass is 10.0. The molecule has 0 bridgehead atoms. The largest absolute Gasteiger partial charge is 0.381 e. The SMILES string of the molecule is COC(CCOC(O)CC(OC)C(C)C)C(C)C. The Labute approximate surface area is 112 Å². The van der Waals surface area contributed by atoms with E-state index in [-0.39, 0.29) is 12.2 Å². The van der Waals surface area contributed by atoms with Gasteiger partial charge in [-0.15, -0.1) is 0 Å². The summed E-state index contributed by atoms with van der Waals surface area (Å²) in [4.78, 5) is 0. The van der Waals surface area contributed by atoms with E-state index in [1.54, 1.807) is 14.2 Å². The third-order valence-corrected chi connectivity index (χ3v) is 3.24. The number of ether oxygens (including phenoxy) is 3. The maximum atomic E-state index is 9.78. The second kappa shape index (κ2) is 9.73. The average molecular weight is 262 g/mol. The standard InChI is InChI=1S/C14H30O4/c1-10(2)12(16-5)7-8-18-14(15)9-13(17-6)11(3)4/h10-15H,7-9H2,1-6H3. The first-order chi connectivity index (χ1) is 8.42. The molecule has 1 N–H and O–H groups in total. The summed E-state index contributed by atoms with van der Waals surface area (Å²) in [6, 6.07) is 0. The Bertz CT molecular complexity index is 194. The lowest BCUT2D eigenvalue weighted by Gasteiger charge is -2.23. The molecule has 3 atom stereocenters. The van der Waals surface area contributed by atoms with E-state index in [0.717, 1.165) is 6.42 Å². The summed E-state index contributed by atoms with van der Waals surface area (Å²) in [6.07, 6.45) is 0.753. The van der Waals surface area contributed by atoms with Crippen molar-refractivity contribution in [3.8, 4) is 0 Å². The van der Waals surface area contributed by atoms with Crippen molar-refractivity contribution < 1.29 is 19.3 Å². The van der Waals surface area contributed by atoms with Crippen molar-refractivity contribution in [2.45, 2.75) is 59.0 Å². The van der Waals surface area contributed by atoms with Gasteiger partial charge in [0.2, 0.25) is 0 Å². The number of hydrogen-bond donors (Lipinski definition) is 1. The molecule has 0 spiro atoms. The van der Waals surface area contributed by atoms with Crippen LogP contribution in [0.1, 0.15) is 40.5 Å². The summed E-state index contributed by atoms with van der Waals surface area (Å²) in [7, 11) is 3.37. The molecule has 3 unspecified atom stereocenters. The van der Waals surface area contributed by atoms with Gasteiger partial charge in [-0.2, -0.15) is 0 Å². The van der Waals surface area contributed by atoms with Crippen molar-refractivity contribution >= 4 is 0 Å². The number of aliphatic hydroxyl groups excluding tert-OH is 1. The van der Waals surface area contributed by atoms with E-state index in [4.69, 9.17) is 14.2 Å². The Hall–Kier alpha value is -0.160. The number of rotatable bonds is 10. The zero-order valence-electron chi connectivity index (χ0n) is 12.7. The Morgan fingerprint density at radius 3 is 1.78 bits per heavy atom. The molecule has 0 fully saturated rings. The van der Waals surface area contributed by atoms with Gasteiger partial charge in [-0.05, 0) is 18.3 Å². The lowest BCUT2D eigenvalue weighted by Crippen LogP contribution is -2.28. The molecule has 0 heterocycles. The molecular formula is C14H30O4. The molecule has 110 valence electrons. The Kier molecular flexibility index (Phi) is 9.64. The molecule has 0 aliphatic carbocycles. The van der Waals surface area contributed by atoms with Crippen LogP contribution in [0.4, 0.5) is 0 Å². The predicted octanol–water partition coefficient (Wildman–Crippen LogP) is 2.44. The maximum Gasteiger partial charge on any atom is 0.157 e. The first-order valence-corrected chi connectivity index (χ1v) is 6.77.